The Morgan fingerprint density at radius 2 is 1.89 bits per heavy atom. The zero-order valence-electron chi connectivity index (χ0n) is 31.6. The molecule has 0 bridgehead atoms. The van der Waals surface area contributed by atoms with Crippen LogP contribution in [0.3, 0.4) is 0 Å². The van der Waals surface area contributed by atoms with Crippen molar-refractivity contribution in [3.63, 3.8) is 0 Å². The second kappa shape index (κ2) is 14.3. The largest absolute Gasteiger partial charge is 0.462 e. The van der Waals surface area contributed by atoms with Gasteiger partial charge in [-0.25, -0.2) is 13.5 Å². The van der Waals surface area contributed by atoms with Gasteiger partial charge in [-0.3, -0.25) is 4.98 Å². The SMILES string of the molecule is C[C@@]1(O)COCCN(c2nc(OC[C@]3(COCc4ccccc4)CC3(F)F)nc3sc4c(-c5c(C6CC6)c(Cl)cc6c5cnn6C5CCCCO5)nccc4c23)C1. The number of anilines is 1. The topological polar surface area (TPSA) is 117 Å². The van der Waals surface area contributed by atoms with Gasteiger partial charge in [-0.05, 0) is 68.2 Å². The van der Waals surface area contributed by atoms with Crippen LogP contribution in [0.25, 0.3) is 42.5 Å². The third-order valence-electron chi connectivity index (χ3n) is 11.7. The molecular weight excluding hydrogens is 774 g/mol. The van der Waals surface area contributed by atoms with Crippen molar-refractivity contribution < 1.29 is 32.8 Å². The fourth-order valence-corrected chi connectivity index (χ4v) is 9.94. The molecule has 4 fully saturated rings. The average molecular weight is 817 g/mol. The normalized spacial score (nSPS) is 25.0. The molecule has 2 aliphatic carbocycles. The molecule has 298 valence electrons. The van der Waals surface area contributed by atoms with Gasteiger partial charge in [-0.15, -0.1) is 11.3 Å². The number of nitrogens with zero attached hydrogens (tertiary/aromatic N) is 6. The van der Waals surface area contributed by atoms with Gasteiger partial charge < -0.3 is 29.0 Å². The van der Waals surface area contributed by atoms with Gasteiger partial charge in [0.15, 0.2) is 6.23 Å². The number of alkyl halides is 2. The van der Waals surface area contributed by atoms with E-state index >= 15 is 8.78 Å². The van der Waals surface area contributed by atoms with Crippen molar-refractivity contribution in [1.82, 2.24) is 24.7 Å². The smallest absolute Gasteiger partial charge is 0.319 e. The minimum absolute atomic E-state index is 0.0221. The molecule has 15 heteroatoms. The van der Waals surface area contributed by atoms with Gasteiger partial charge in [-0.1, -0.05) is 41.9 Å². The average Bonchev–Trinajstić information content (AvgIpc) is 4.05. The Bertz CT molecular complexity index is 2470. The van der Waals surface area contributed by atoms with Crippen molar-refractivity contribution in [2.24, 2.45) is 5.41 Å². The quantitative estimate of drug-likeness (QED) is 0.136. The third kappa shape index (κ3) is 6.91. The number of thiophene rings is 1. The van der Waals surface area contributed by atoms with E-state index in [1.54, 1.807) is 13.1 Å². The van der Waals surface area contributed by atoms with E-state index in [1.165, 1.54) is 11.3 Å². The Kier molecular flexibility index (Phi) is 9.37. The van der Waals surface area contributed by atoms with Gasteiger partial charge in [0.2, 0.25) is 0 Å². The van der Waals surface area contributed by atoms with Crippen molar-refractivity contribution >= 4 is 60.0 Å². The number of halogens is 3. The summed E-state index contributed by atoms with van der Waals surface area (Å²) < 4.78 is 56.8. The summed E-state index contributed by atoms with van der Waals surface area (Å²) >= 11 is 8.64. The van der Waals surface area contributed by atoms with Crippen LogP contribution in [0.2, 0.25) is 5.02 Å². The summed E-state index contributed by atoms with van der Waals surface area (Å²) in [6, 6.07) is 13.4. The van der Waals surface area contributed by atoms with Gasteiger partial charge in [0.1, 0.15) is 22.9 Å². The highest BCUT2D eigenvalue weighted by Gasteiger charge is 2.72. The third-order valence-corrected chi connectivity index (χ3v) is 13.1. The van der Waals surface area contributed by atoms with Gasteiger partial charge in [-0.2, -0.15) is 15.1 Å². The van der Waals surface area contributed by atoms with Crippen molar-refractivity contribution in [2.75, 3.05) is 51.0 Å². The monoisotopic (exact) mass is 816 g/mol. The number of fused-ring (bicyclic) bond motifs is 4. The molecule has 1 unspecified atom stereocenters. The Morgan fingerprint density at radius 3 is 2.67 bits per heavy atom. The number of pyridine rings is 1. The van der Waals surface area contributed by atoms with Crippen LogP contribution in [0.15, 0.2) is 54.9 Å². The van der Waals surface area contributed by atoms with E-state index in [0.717, 1.165) is 80.9 Å². The Hall–Kier alpha value is -4.05. The van der Waals surface area contributed by atoms with Crippen LogP contribution in [-0.2, 0) is 20.8 Å². The maximum atomic E-state index is 15.0. The number of hydrogen-bond acceptors (Lipinski definition) is 11. The van der Waals surface area contributed by atoms with E-state index in [-0.39, 0.29) is 51.6 Å². The van der Waals surface area contributed by atoms with E-state index in [0.29, 0.717) is 41.3 Å². The summed E-state index contributed by atoms with van der Waals surface area (Å²) in [4.78, 5) is 17.4. The molecule has 2 saturated heterocycles. The predicted molar refractivity (Wildman–Crippen MR) is 215 cm³/mol. The molecule has 0 radical (unpaired) electrons. The summed E-state index contributed by atoms with van der Waals surface area (Å²) in [5, 5.41) is 19.4. The molecule has 11 nitrogen and oxygen atoms in total. The van der Waals surface area contributed by atoms with Crippen LogP contribution in [-0.4, -0.2) is 87.5 Å². The molecule has 3 atom stereocenters. The summed E-state index contributed by atoms with van der Waals surface area (Å²) in [7, 11) is 0. The summed E-state index contributed by atoms with van der Waals surface area (Å²) in [6.45, 7) is 3.33. The molecule has 4 aliphatic rings. The van der Waals surface area contributed by atoms with Crippen molar-refractivity contribution in [2.45, 2.75) is 75.7 Å². The van der Waals surface area contributed by atoms with E-state index < -0.39 is 16.9 Å². The minimum Gasteiger partial charge on any atom is -0.462 e. The molecule has 10 rings (SSSR count). The van der Waals surface area contributed by atoms with Crippen LogP contribution in [0.1, 0.15) is 68.7 Å². The second-order valence-corrected chi connectivity index (χ2v) is 17.7. The molecule has 57 heavy (non-hydrogen) atoms. The first-order chi connectivity index (χ1) is 27.6. The molecule has 2 aromatic carbocycles. The highest BCUT2D eigenvalue weighted by Crippen LogP contribution is 2.61. The second-order valence-electron chi connectivity index (χ2n) is 16.3. The van der Waals surface area contributed by atoms with Crippen LogP contribution in [0.4, 0.5) is 14.6 Å². The van der Waals surface area contributed by atoms with E-state index in [2.05, 4.69) is 0 Å². The zero-order valence-corrected chi connectivity index (χ0v) is 33.1. The lowest BCUT2D eigenvalue weighted by atomic mass is 9.95. The Labute approximate surface area is 336 Å². The number of benzene rings is 2. The molecule has 6 heterocycles. The van der Waals surface area contributed by atoms with Crippen molar-refractivity contribution in [3.05, 3.63) is 71.0 Å². The number of rotatable bonds is 11. The molecule has 0 spiro atoms. The van der Waals surface area contributed by atoms with E-state index in [9.17, 15) is 5.11 Å². The van der Waals surface area contributed by atoms with Gasteiger partial charge in [0, 0.05) is 47.1 Å². The lowest BCUT2D eigenvalue weighted by Gasteiger charge is -2.28. The maximum absolute atomic E-state index is 15.0. The van der Waals surface area contributed by atoms with Crippen molar-refractivity contribution in [1.29, 1.82) is 0 Å². The lowest BCUT2D eigenvalue weighted by Crippen LogP contribution is -2.42. The molecule has 2 aliphatic heterocycles. The van der Waals surface area contributed by atoms with Gasteiger partial charge >= 0.3 is 6.01 Å². The fraction of sp³-hybridized carbons (Fsp3) is 0.476. The van der Waals surface area contributed by atoms with Crippen LogP contribution in [0, 0.1) is 5.41 Å². The van der Waals surface area contributed by atoms with Crippen LogP contribution in [0.5, 0.6) is 6.01 Å². The fourth-order valence-electron chi connectivity index (χ4n) is 8.44. The molecular formula is C42H43ClF2N6O5S. The zero-order chi connectivity index (χ0) is 38.9. The molecule has 1 N–H and O–H groups in total. The Morgan fingerprint density at radius 1 is 1.05 bits per heavy atom. The minimum atomic E-state index is -2.95. The molecule has 0 amide bonds. The number of aliphatic hydroxyl groups is 1. The van der Waals surface area contributed by atoms with E-state index in [4.69, 9.17) is 50.6 Å². The maximum Gasteiger partial charge on any atom is 0.319 e. The van der Waals surface area contributed by atoms with Crippen LogP contribution < -0.4 is 9.64 Å². The van der Waals surface area contributed by atoms with Gasteiger partial charge in [0.05, 0.1) is 65.9 Å². The Balaban J connectivity index is 1.08. The number of aromatic nitrogens is 5. The first-order valence-corrected chi connectivity index (χ1v) is 20.9. The van der Waals surface area contributed by atoms with Crippen LogP contribution >= 0.6 is 22.9 Å². The highest BCUT2D eigenvalue weighted by atomic mass is 35.5. The first-order valence-electron chi connectivity index (χ1n) is 19.7. The highest BCUT2D eigenvalue weighted by molar-refractivity contribution is 7.26. The number of hydrogen-bond donors (Lipinski definition) is 1. The summed E-state index contributed by atoms with van der Waals surface area (Å²) in [6.07, 6.45) is 8.21. The molecule has 4 aromatic heterocycles. The standard InChI is InChI=1S/C42H43ClF2N6O5S/c1-40(52)21-50(14-16-53-22-40)37-34-27-12-13-46-35(33-28-18-47-51(31-9-5-6-15-55-31)30(28)17-29(43)32(33)26-10-11-26)36(27)57-38(34)49-39(48-37)56-24-41(20-42(41,44)45)23-54-19-25-7-3-2-4-8-25/h2-4,7-8,12-13,17-18,26,31,52H,5-6,9-11,14-16,19-24H2,1H3/t31?,40-,41+/m0/s1. The lowest BCUT2D eigenvalue weighted by molar-refractivity contribution is -0.0366. The number of ether oxygens (including phenoxy) is 4. The summed E-state index contributed by atoms with van der Waals surface area (Å²) in [5.41, 5.74) is 1.91. The van der Waals surface area contributed by atoms with E-state index in [1.807, 2.05) is 58.2 Å². The van der Waals surface area contributed by atoms with Gasteiger partial charge in [0.25, 0.3) is 5.92 Å². The number of β-amino-alcohol motifs (C(OH)–C–C–N with tert-alkyl or cyclic N) is 1. The predicted octanol–water partition coefficient (Wildman–Crippen LogP) is 8.69. The summed E-state index contributed by atoms with van der Waals surface area (Å²) in [5.74, 6) is -2.12. The first kappa shape index (κ1) is 37.2. The molecule has 2 saturated carbocycles. The molecule has 6 aromatic rings. The van der Waals surface area contributed by atoms with Crippen molar-refractivity contribution in [3.8, 4) is 17.3 Å².